The summed E-state index contributed by atoms with van der Waals surface area (Å²) in [5.74, 6) is -0.498. The molecule has 111 heavy (non-hydrogen) atoms. The fourth-order valence-electron chi connectivity index (χ4n) is 14.4. The number of hydrogen-bond donors (Lipinski definition) is 3. The maximum absolute atomic E-state index is 13.2. The van der Waals surface area contributed by atoms with Gasteiger partial charge >= 0.3 is 39.5 Å². The number of phosphoric ester groups is 2. The molecule has 19 heteroatoms. The number of ether oxygens (including phenoxy) is 4. The second kappa shape index (κ2) is 83.1. The Kier molecular flexibility index (Phi) is 81.7. The number of esters is 4. The third kappa shape index (κ3) is 84.3. The average Bonchev–Trinajstić information content (AvgIpc) is 0.902. The van der Waals surface area contributed by atoms with Gasteiger partial charge in [0.15, 0.2) is 12.2 Å². The predicted molar refractivity (Wildman–Crippen MR) is 460 cm³/mol. The van der Waals surface area contributed by atoms with Crippen molar-refractivity contribution >= 4 is 39.5 Å². The maximum atomic E-state index is 13.2. The quantitative estimate of drug-likeness (QED) is 0.0222. The van der Waals surface area contributed by atoms with Crippen molar-refractivity contribution in [2.24, 2.45) is 11.8 Å². The molecule has 0 amide bonds. The molecular formula is C92H180O17P2. The topological polar surface area (TPSA) is 237 Å². The van der Waals surface area contributed by atoms with Gasteiger partial charge in [-0.3, -0.25) is 37.3 Å². The van der Waals surface area contributed by atoms with E-state index < -0.39 is 97.5 Å². The molecule has 0 aromatic carbocycles. The molecule has 0 radical (unpaired) electrons. The van der Waals surface area contributed by atoms with Gasteiger partial charge in [0, 0.05) is 25.7 Å². The van der Waals surface area contributed by atoms with Crippen molar-refractivity contribution in [1.29, 1.82) is 0 Å². The fourth-order valence-corrected chi connectivity index (χ4v) is 16.0. The zero-order valence-corrected chi connectivity index (χ0v) is 75.1. The highest BCUT2D eigenvalue weighted by Gasteiger charge is 2.31. The van der Waals surface area contributed by atoms with Gasteiger partial charge in [0.1, 0.15) is 19.3 Å². The molecule has 0 bridgehead atoms. The maximum Gasteiger partial charge on any atom is 0.472 e. The van der Waals surface area contributed by atoms with E-state index in [1.54, 1.807) is 0 Å². The number of phosphoric acid groups is 2. The van der Waals surface area contributed by atoms with Crippen LogP contribution in [-0.2, 0) is 65.4 Å². The molecule has 0 aliphatic carbocycles. The summed E-state index contributed by atoms with van der Waals surface area (Å²) in [5.41, 5.74) is 0. The molecule has 0 aliphatic heterocycles. The molecule has 0 aromatic rings. The Labute approximate surface area is 683 Å². The van der Waals surface area contributed by atoms with E-state index in [0.717, 1.165) is 102 Å². The molecule has 0 spiro atoms. The molecule has 0 saturated heterocycles. The first-order valence-electron chi connectivity index (χ1n) is 47.5. The van der Waals surface area contributed by atoms with E-state index in [-0.39, 0.29) is 25.7 Å². The largest absolute Gasteiger partial charge is 0.472 e. The summed E-state index contributed by atoms with van der Waals surface area (Å²) >= 11 is 0. The summed E-state index contributed by atoms with van der Waals surface area (Å²) in [5, 5.41) is 10.7. The molecule has 3 unspecified atom stereocenters. The van der Waals surface area contributed by atoms with Crippen LogP contribution in [0.3, 0.4) is 0 Å². The highest BCUT2D eigenvalue weighted by molar-refractivity contribution is 7.47. The second-order valence-electron chi connectivity index (χ2n) is 33.8. The van der Waals surface area contributed by atoms with Gasteiger partial charge in [-0.05, 0) is 37.5 Å². The average molecular weight is 1620 g/mol. The van der Waals surface area contributed by atoms with Crippen LogP contribution in [0.25, 0.3) is 0 Å². The fraction of sp³-hybridized carbons (Fsp3) is 0.957. The zero-order valence-electron chi connectivity index (χ0n) is 73.3. The van der Waals surface area contributed by atoms with E-state index in [0.29, 0.717) is 25.7 Å². The van der Waals surface area contributed by atoms with E-state index in [1.165, 1.54) is 315 Å². The number of hydrogen-bond acceptors (Lipinski definition) is 15. The van der Waals surface area contributed by atoms with E-state index in [4.69, 9.17) is 37.0 Å². The van der Waals surface area contributed by atoms with Crippen molar-refractivity contribution in [2.75, 3.05) is 39.6 Å². The van der Waals surface area contributed by atoms with Crippen LogP contribution >= 0.6 is 15.6 Å². The summed E-state index contributed by atoms with van der Waals surface area (Å²) in [6.07, 6.45) is 77.9. The van der Waals surface area contributed by atoms with Crippen LogP contribution in [0.1, 0.15) is 497 Å². The van der Waals surface area contributed by atoms with Crippen LogP contribution in [0, 0.1) is 11.8 Å². The molecule has 0 heterocycles. The number of aliphatic hydroxyl groups excluding tert-OH is 1. The van der Waals surface area contributed by atoms with Crippen LogP contribution in [-0.4, -0.2) is 96.7 Å². The van der Waals surface area contributed by atoms with Gasteiger partial charge in [0.25, 0.3) is 0 Å². The Morgan fingerprint density at radius 1 is 0.261 bits per heavy atom. The van der Waals surface area contributed by atoms with Crippen molar-refractivity contribution < 1.29 is 80.2 Å². The summed E-state index contributed by atoms with van der Waals surface area (Å²) in [6, 6.07) is 0. The Morgan fingerprint density at radius 2 is 0.459 bits per heavy atom. The third-order valence-electron chi connectivity index (χ3n) is 22.1. The lowest BCUT2D eigenvalue weighted by molar-refractivity contribution is -0.161. The lowest BCUT2D eigenvalue weighted by Crippen LogP contribution is -2.30. The number of carbonyl (C=O) groups is 4. The Balaban J connectivity index is 5.23. The molecule has 0 rings (SSSR count). The monoisotopic (exact) mass is 1620 g/mol. The molecule has 17 nitrogen and oxygen atoms in total. The number of unbranched alkanes of at least 4 members (excludes halogenated alkanes) is 60. The summed E-state index contributed by atoms with van der Waals surface area (Å²) < 4.78 is 69.1. The molecule has 0 aliphatic rings. The van der Waals surface area contributed by atoms with Gasteiger partial charge in [-0.15, -0.1) is 0 Å². The van der Waals surface area contributed by atoms with Gasteiger partial charge < -0.3 is 33.8 Å². The van der Waals surface area contributed by atoms with Gasteiger partial charge in [0.05, 0.1) is 26.4 Å². The first-order chi connectivity index (χ1) is 53.9. The lowest BCUT2D eigenvalue weighted by Gasteiger charge is -2.21. The molecule has 3 N–H and O–H groups in total. The van der Waals surface area contributed by atoms with E-state index >= 15 is 0 Å². The highest BCUT2D eigenvalue weighted by atomic mass is 31.2. The molecule has 6 atom stereocenters. The van der Waals surface area contributed by atoms with Crippen molar-refractivity contribution in [1.82, 2.24) is 0 Å². The van der Waals surface area contributed by atoms with Crippen LogP contribution in [0.5, 0.6) is 0 Å². The lowest BCUT2D eigenvalue weighted by atomic mass is 9.99. The number of carbonyl (C=O) groups excluding carboxylic acids is 4. The molecule has 0 aromatic heterocycles. The summed E-state index contributed by atoms with van der Waals surface area (Å²) in [7, 11) is -9.94. The van der Waals surface area contributed by atoms with Crippen LogP contribution in [0.2, 0.25) is 0 Å². The minimum atomic E-state index is -4.97. The van der Waals surface area contributed by atoms with Crippen LogP contribution < -0.4 is 0 Å². The van der Waals surface area contributed by atoms with Gasteiger partial charge in [0.2, 0.25) is 0 Å². The first-order valence-corrected chi connectivity index (χ1v) is 50.5. The highest BCUT2D eigenvalue weighted by Crippen LogP contribution is 2.45. The standard InChI is InChI=1S/C92H180O17P2/c1-7-10-12-14-16-18-20-22-24-26-27-28-29-34-37-41-45-49-56-62-68-74-89(94)102-80-87(108-91(96)76-71-65-59-51-47-43-39-35-31-30-33-36-40-44-48-55-61-67-73-85(6)9-3)82-106-110(98,99)104-78-86(93)79-105-111(100,101)107-83-88(81-103-90(95)75-69-63-57-53-52-54-60-66-72-84(4)5)109-92(97)77-70-64-58-50-46-42-38-32-25-23-21-19-17-15-13-11-8-2/h84-88,93H,7-83H2,1-6H3,(H,98,99)(H,100,101)/t85?,86-,87-,88-/m1/s1. The SMILES string of the molecule is CCCCCCCCCCCCCCCCCCCCCCCC(=O)OC[C@H](COP(=O)(O)OC[C@@H](O)COP(=O)(O)OC[C@@H](COC(=O)CCCCCCCCCCC(C)C)OC(=O)CCCCCCCCCCCCCCCCCCC)OC(=O)CCCCCCCCCCCCCCCCCCCCC(C)CC. The van der Waals surface area contributed by atoms with Crippen LogP contribution in [0.15, 0.2) is 0 Å². The zero-order chi connectivity index (χ0) is 81.3. The van der Waals surface area contributed by atoms with Gasteiger partial charge in [-0.2, -0.15) is 0 Å². The number of aliphatic hydroxyl groups is 1. The Hall–Kier alpha value is -1.94. The first kappa shape index (κ1) is 109. The number of rotatable bonds is 91. The minimum absolute atomic E-state index is 0.108. The van der Waals surface area contributed by atoms with E-state index in [9.17, 15) is 43.2 Å². The molecule has 0 saturated carbocycles. The third-order valence-corrected chi connectivity index (χ3v) is 24.0. The summed E-state index contributed by atoms with van der Waals surface area (Å²) in [4.78, 5) is 73.4. The van der Waals surface area contributed by atoms with E-state index in [2.05, 4.69) is 41.5 Å². The second-order valence-corrected chi connectivity index (χ2v) is 36.7. The molecule has 0 fully saturated rings. The Bertz CT molecular complexity index is 2120. The smallest absolute Gasteiger partial charge is 0.462 e. The van der Waals surface area contributed by atoms with Crippen molar-refractivity contribution in [3.8, 4) is 0 Å². The molecular weight excluding hydrogens is 1440 g/mol. The van der Waals surface area contributed by atoms with Gasteiger partial charge in [-0.1, -0.05) is 446 Å². The predicted octanol–water partition coefficient (Wildman–Crippen LogP) is 28.6. The van der Waals surface area contributed by atoms with Gasteiger partial charge in [-0.25, -0.2) is 9.13 Å². The van der Waals surface area contributed by atoms with Crippen LogP contribution in [0.4, 0.5) is 0 Å². The summed E-state index contributed by atoms with van der Waals surface area (Å²) in [6.45, 7) is 9.74. The van der Waals surface area contributed by atoms with Crippen molar-refractivity contribution in [2.45, 2.75) is 516 Å². The Morgan fingerprint density at radius 3 is 0.685 bits per heavy atom. The van der Waals surface area contributed by atoms with Crippen molar-refractivity contribution in [3.05, 3.63) is 0 Å². The van der Waals surface area contributed by atoms with Crippen molar-refractivity contribution in [3.63, 3.8) is 0 Å². The molecule has 660 valence electrons. The minimum Gasteiger partial charge on any atom is -0.462 e. The van der Waals surface area contributed by atoms with E-state index in [1.807, 2.05) is 0 Å². The normalized spacial score (nSPS) is 14.0.